The van der Waals surface area contributed by atoms with Gasteiger partial charge >= 0.3 is 6.03 Å². The van der Waals surface area contributed by atoms with E-state index in [9.17, 15) is 9.59 Å². The van der Waals surface area contributed by atoms with Crippen molar-refractivity contribution in [1.82, 2.24) is 5.43 Å². The van der Waals surface area contributed by atoms with Gasteiger partial charge in [0.25, 0.3) is 5.91 Å². The molecule has 0 aliphatic carbocycles. The highest BCUT2D eigenvalue weighted by Gasteiger charge is 1.99. The van der Waals surface area contributed by atoms with Crippen LogP contribution in [-0.4, -0.2) is 24.8 Å². The number of amides is 3. The highest BCUT2D eigenvalue weighted by molar-refractivity contribution is 5.90. The van der Waals surface area contributed by atoms with Gasteiger partial charge in [-0.3, -0.25) is 4.79 Å². The van der Waals surface area contributed by atoms with E-state index < -0.39 is 11.9 Å². The van der Waals surface area contributed by atoms with Crippen LogP contribution in [0, 0.1) is 0 Å². The van der Waals surface area contributed by atoms with E-state index >= 15 is 0 Å². The topological polar surface area (TPSA) is 106 Å². The minimum Gasteiger partial charge on any atom is -0.484 e. The summed E-state index contributed by atoms with van der Waals surface area (Å²) in [6.45, 7) is -0.172. The molecule has 2 aromatic carbocycles. The first-order valence-electron chi connectivity index (χ1n) is 6.80. The van der Waals surface area contributed by atoms with Gasteiger partial charge < -0.3 is 15.8 Å². The van der Waals surface area contributed by atoms with Crippen molar-refractivity contribution in [3.8, 4) is 5.75 Å². The summed E-state index contributed by atoms with van der Waals surface area (Å²) in [6, 6.07) is 15.4. The lowest BCUT2D eigenvalue weighted by Crippen LogP contribution is -2.24. The Morgan fingerprint density at radius 3 is 2.43 bits per heavy atom. The van der Waals surface area contributed by atoms with E-state index in [1.807, 2.05) is 18.2 Å². The van der Waals surface area contributed by atoms with Crippen LogP contribution in [0.3, 0.4) is 0 Å². The summed E-state index contributed by atoms with van der Waals surface area (Å²) in [5, 5.41) is 6.48. The number of carbonyl (C=O) groups is 2. The van der Waals surface area contributed by atoms with E-state index in [1.54, 1.807) is 36.4 Å². The number of carbonyl (C=O) groups excluding carboxylic acids is 2. The molecule has 0 unspecified atom stereocenters. The number of hydrogen-bond acceptors (Lipinski definition) is 4. The third kappa shape index (κ3) is 5.88. The van der Waals surface area contributed by atoms with Crippen LogP contribution in [0.1, 0.15) is 5.56 Å². The molecule has 2 rings (SSSR count). The molecule has 0 fully saturated rings. The van der Waals surface area contributed by atoms with Crippen molar-refractivity contribution >= 4 is 23.8 Å². The average molecular weight is 312 g/mol. The molecule has 4 N–H and O–H groups in total. The number of anilines is 1. The van der Waals surface area contributed by atoms with Gasteiger partial charge in [0.1, 0.15) is 5.75 Å². The quantitative estimate of drug-likeness (QED) is 0.558. The number of nitrogens with two attached hydrogens (primary N) is 1. The van der Waals surface area contributed by atoms with E-state index in [4.69, 9.17) is 10.5 Å². The van der Waals surface area contributed by atoms with Crippen LogP contribution in [-0.2, 0) is 4.79 Å². The molecule has 0 saturated carbocycles. The molecule has 0 radical (unpaired) electrons. The molecule has 3 amide bonds. The first-order valence-corrected chi connectivity index (χ1v) is 6.80. The molecule has 0 aromatic heterocycles. The number of para-hydroxylation sites is 1. The van der Waals surface area contributed by atoms with Gasteiger partial charge in [-0.15, -0.1) is 0 Å². The zero-order valence-corrected chi connectivity index (χ0v) is 12.2. The minimum absolute atomic E-state index is 0.172. The molecule has 0 heterocycles. The summed E-state index contributed by atoms with van der Waals surface area (Å²) >= 11 is 0. The summed E-state index contributed by atoms with van der Waals surface area (Å²) < 4.78 is 5.13. The molecule has 7 heteroatoms. The molecule has 118 valence electrons. The first kappa shape index (κ1) is 16.0. The monoisotopic (exact) mass is 312 g/mol. The van der Waals surface area contributed by atoms with Crippen LogP contribution in [0.15, 0.2) is 59.7 Å². The van der Waals surface area contributed by atoms with Gasteiger partial charge in [0.2, 0.25) is 0 Å². The van der Waals surface area contributed by atoms with Crippen LogP contribution in [0.2, 0.25) is 0 Å². The summed E-state index contributed by atoms with van der Waals surface area (Å²) in [6.07, 6.45) is 1.49. The van der Waals surface area contributed by atoms with E-state index in [1.165, 1.54) is 6.21 Å². The van der Waals surface area contributed by atoms with Gasteiger partial charge in [0.05, 0.1) is 6.21 Å². The van der Waals surface area contributed by atoms with Crippen molar-refractivity contribution in [2.75, 3.05) is 11.9 Å². The predicted molar refractivity (Wildman–Crippen MR) is 87.3 cm³/mol. The fourth-order valence-electron chi connectivity index (χ4n) is 1.65. The molecule has 2 aromatic rings. The second-order valence-electron chi connectivity index (χ2n) is 4.51. The minimum atomic E-state index is -0.538. The highest BCUT2D eigenvalue weighted by Crippen LogP contribution is 2.10. The number of benzene rings is 2. The van der Waals surface area contributed by atoms with Crippen LogP contribution >= 0.6 is 0 Å². The summed E-state index contributed by atoms with van der Waals surface area (Å²) in [5.74, 6) is -0.0139. The van der Waals surface area contributed by atoms with E-state index in [-0.39, 0.29) is 6.61 Å². The summed E-state index contributed by atoms with van der Waals surface area (Å²) in [7, 11) is 0. The molecule has 0 aliphatic rings. The van der Waals surface area contributed by atoms with Crippen molar-refractivity contribution in [3.05, 3.63) is 60.2 Å². The number of primary amides is 1. The second-order valence-corrected chi connectivity index (χ2v) is 4.51. The molecular weight excluding hydrogens is 296 g/mol. The van der Waals surface area contributed by atoms with Gasteiger partial charge in [-0.25, -0.2) is 10.2 Å². The van der Waals surface area contributed by atoms with Crippen molar-refractivity contribution in [3.63, 3.8) is 0 Å². The zero-order valence-electron chi connectivity index (χ0n) is 12.2. The molecule has 0 spiro atoms. The number of hydrogen-bond donors (Lipinski definition) is 3. The lowest BCUT2D eigenvalue weighted by molar-refractivity contribution is -0.119. The number of ether oxygens (including phenoxy) is 1. The van der Waals surface area contributed by atoms with Crippen LogP contribution in [0.5, 0.6) is 5.75 Å². The Labute approximate surface area is 133 Å². The number of urea groups is 1. The van der Waals surface area contributed by atoms with Gasteiger partial charge in [0.15, 0.2) is 6.61 Å². The fraction of sp³-hybridized carbons (Fsp3) is 0.0625. The average Bonchev–Trinajstić information content (AvgIpc) is 2.55. The van der Waals surface area contributed by atoms with Crippen LogP contribution in [0.25, 0.3) is 0 Å². The van der Waals surface area contributed by atoms with Gasteiger partial charge in [-0.05, 0) is 42.0 Å². The zero-order chi connectivity index (χ0) is 16.5. The van der Waals surface area contributed by atoms with Gasteiger partial charge in [0, 0.05) is 5.69 Å². The highest BCUT2D eigenvalue weighted by atomic mass is 16.5. The Morgan fingerprint density at radius 1 is 1.09 bits per heavy atom. The Hall–Kier alpha value is -3.35. The summed E-state index contributed by atoms with van der Waals surface area (Å²) in [5.41, 5.74) is 8.79. The van der Waals surface area contributed by atoms with Crippen molar-refractivity contribution in [1.29, 1.82) is 0 Å². The Morgan fingerprint density at radius 2 is 1.78 bits per heavy atom. The van der Waals surface area contributed by atoms with Crippen LogP contribution < -0.4 is 21.2 Å². The Balaban J connectivity index is 1.81. The molecule has 23 heavy (non-hydrogen) atoms. The molecule has 0 atom stereocenters. The molecule has 0 saturated heterocycles. The maximum atomic E-state index is 11.6. The predicted octanol–water partition coefficient (Wildman–Crippen LogP) is 1.71. The largest absolute Gasteiger partial charge is 0.484 e. The van der Waals surface area contributed by atoms with Crippen molar-refractivity contribution < 1.29 is 14.3 Å². The van der Waals surface area contributed by atoms with Gasteiger partial charge in [-0.2, -0.15) is 5.10 Å². The first-order chi connectivity index (χ1) is 11.1. The van der Waals surface area contributed by atoms with E-state index in [0.717, 1.165) is 5.56 Å². The second kappa shape index (κ2) is 8.18. The Bertz CT molecular complexity index is 684. The van der Waals surface area contributed by atoms with Crippen LogP contribution in [0.4, 0.5) is 10.5 Å². The number of hydrazone groups is 1. The normalized spacial score (nSPS) is 10.3. The lowest BCUT2D eigenvalue weighted by atomic mass is 10.2. The SMILES string of the molecule is NC(=O)COc1ccc(/C=N\NC(=O)Nc2ccccc2)cc1. The standard InChI is InChI=1S/C16H16N4O3/c17-15(21)11-23-14-8-6-12(7-9-14)10-18-20-16(22)19-13-4-2-1-3-5-13/h1-10H,11H2,(H2,17,21)(H2,19,20,22)/b18-10-. The van der Waals surface area contributed by atoms with Gasteiger partial charge in [-0.1, -0.05) is 18.2 Å². The van der Waals surface area contributed by atoms with Crippen molar-refractivity contribution in [2.45, 2.75) is 0 Å². The maximum absolute atomic E-state index is 11.6. The smallest absolute Gasteiger partial charge is 0.339 e. The number of rotatable bonds is 6. The molecule has 0 aliphatic heterocycles. The van der Waals surface area contributed by atoms with E-state index in [2.05, 4.69) is 15.8 Å². The Kier molecular flexibility index (Phi) is 5.70. The third-order valence-corrected chi connectivity index (χ3v) is 2.67. The van der Waals surface area contributed by atoms with Crippen molar-refractivity contribution in [2.24, 2.45) is 10.8 Å². The summed E-state index contributed by atoms with van der Waals surface area (Å²) in [4.78, 5) is 22.2. The molecule has 7 nitrogen and oxygen atoms in total. The number of nitrogens with zero attached hydrogens (tertiary/aromatic N) is 1. The fourth-order valence-corrected chi connectivity index (χ4v) is 1.65. The third-order valence-electron chi connectivity index (χ3n) is 2.67. The lowest BCUT2D eigenvalue weighted by Gasteiger charge is -2.04. The molecule has 0 bridgehead atoms. The number of nitrogens with one attached hydrogen (secondary N) is 2. The molecular formula is C16H16N4O3. The maximum Gasteiger partial charge on any atom is 0.339 e. The van der Waals surface area contributed by atoms with E-state index in [0.29, 0.717) is 11.4 Å².